The maximum atomic E-state index is 12.9. The number of carbonyl (C=O) groups is 1. The number of hydrogen-bond donors (Lipinski definition) is 2. The third-order valence-electron chi connectivity index (χ3n) is 4.65. The minimum absolute atomic E-state index is 0.125. The van der Waals surface area contributed by atoms with Crippen LogP contribution in [-0.2, 0) is 4.79 Å². The van der Waals surface area contributed by atoms with Gasteiger partial charge in [0.1, 0.15) is 5.70 Å². The summed E-state index contributed by atoms with van der Waals surface area (Å²) in [4.78, 5) is 21.0. The van der Waals surface area contributed by atoms with E-state index in [1.54, 1.807) is 16.8 Å². The van der Waals surface area contributed by atoms with Crippen molar-refractivity contribution in [2.45, 2.75) is 38.8 Å². The Morgan fingerprint density at radius 2 is 2.04 bits per heavy atom. The second-order valence-corrected chi connectivity index (χ2v) is 7.69. The third kappa shape index (κ3) is 3.64. The predicted octanol–water partition coefficient (Wildman–Crippen LogP) is 2.47. The summed E-state index contributed by atoms with van der Waals surface area (Å²) in [6, 6.07) is 11.6. The average Bonchev–Trinajstić information content (AvgIpc) is 3.21. The van der Waals surface area contributed by atoms with E-state index >= 15 is 0 Å². The first-order valence-electron chi connectivity index (χ1n) is 9.40. The summed E-state index contributed by atoms with van der Waals surface area (Å²) < 4.78 is 0. The Kier molecular flexibility index (Phi) is 5.29. The molecule has 6 nitrogen and oxygen atoms in total. The number of hydrogen-bond acceptors (Lipinski definition) is 5. The molecule has 1 atom stereocenters. The van der Waals surface area contributed by atoms with Gasteiger partial charge in [-0.15, -0.1) is 5.10 Å². The van der Waals surface area contributed by atoms with Crippen LogP contribution in [0.5, 0.6) is 0 Å². The van der Waals surface area contributed by atoms with E-state index in [0.29, 0.717) is 10.9 Å². The molecule has 0 bridgehead atoms. The molecule has 7 heteroatoms. The number of nitrogens with zero attached hydrogens (tertiary/aromatic N) is 3. The number of rotatable bonds is 6. The van der Waals surface area contributed by atoms with Gasteiger partial charge in [0.25, 0.3) is 5.91 Å². The lowest BCUT2D eigenvalue weighted by molar-refractivity contribution is -0.116. The van der Waals surface area contributed by atoms with Crippen molar-refractivity contribution in [1.29, 1.82) is 0 Å². The Hall–Kier alpha value is -2.54. The number of aromatic amines is 1. The lowest BCUT2D eigenvalue weighted by Gasteiger charge is -2.33. The molecule has 2 N–H and O–H groups in total. The predicted molar refractivity (Wildman–Crippen MR) is 108 cm³/mol. The maximum Gasteiger partial charge on any atom is 0.276 e. The van der Waals surface area contributed by atoms with E-state index in [4.69, 9.17) is 10.1 Å². The van der Waals surface area contributed by atoms with Crippen molar-refractivity contribution in [2.75, 3.05) is 5.75 Å². The highest BCUT2D eigenvalue weighted by Gasteiger charge is 2.34. The molecule has 1 amide bonds. The molecule has 3 heterocycles. The van der Waals surface area contributed by atoms with Gasteiger partial charge in [-0.05, 0) is 24.6 Å². The Morgan fingerprint density at radius 1 is 1.15 bits per heavy atom. The average molecular weight is 382 g/mol. The van der Waals surface area contributed by atoms with Gasteiger partial charge < -0.3 is 4.98 Å². The molecule has 0 radical (unpaired) electrons. The summed E-state index contributed by atoms with van der Waals surface area (Å²) >= 11 is 1.60. The maximum absolute atomic E-state index is 12.9. The molecular weight excluding hydrogens is 358 g/mol. The number of carbonyl (C=O) groups excluding carboxylic acids is 1. The first-order chi connectivity index (χ1) is 13.3. The summed E-state index contributed by atoms with van der Waals surface area (Å²) in [5.74, 6) is 0.823. The van der Waals surface area contributed by atoms with Crippen LogP contribution in [0.3, 0.4) is 0 Å². The molecule has 0 saturated carbocycles. The van der Waals surface area contributed by atoms with E-state index in [-0.39, 0.29) is 12.1 Å². The van der Waals surface area contributed by atoms with Gasteiger partial charge in [-0.1, -0.05) is 56.1 Å². The topological polar surface area (TPSA) is 72.8 Å². The van der Waals surface area contributed by atoms with Crippen LogP contribution in [0.25, 0.3) is 5.70 Å². The first-order valence-corrected chi connectivity index (χ1v) is 10.4. The first kappa shape index (κ1) is 17.9. The third-order valence-corrected chi connectivity index (χ3v) is 5.60. The Labute approximate surface area is 162 Å². The zero-order chi connectivity index (χ0) is 18.6. The second kappa shape index (κ2) is 8.00. The highest BCUT2D eigenvalue weighted by atomic mass is 32.2. The minimum Gasteiger partial charge on any atom is -0.362 e. The van der Waals surface area contributed by atoms with Gasteiger partial charge in [0.2, 0.25) is 0 Å². The standard InChI is InChI=1S/C20H23N5OS/c1-2-3-4-7-13-27-20-23-19(26)17-14-9-5-6-10-15(14)22-18(25(17)24-20)16-11-8-12-21-16/h5-6,8-12,18,21H,2-4,7,13H2,1H3,(H,23,24,26)/t18-/m0/s1. The molecule has 2 aromatic rings. The van der Waals surface area contributed by atoms with Gasteiger partial charge in [0.05, 0.1) is 11.1 Å². The van der Waals surface area contributed by atoms with Gasteiger partial charge in [-0.2, -0.15) is 0 Å². The monoisotopic (exact) mass is 381 g/mol. The minimum atomic E-state index is -0.369. The molecule has 0 saturated heterocycles. The number of fused-ring (bicyclic) bond motifs is 2. The summed E-state index contributed by atoms with van der Waals surface area (Å²) in [6.07, 6.45) is 6.28. The van der Waals surface area contributed by atoms with Crippen molar-refractivity contribution >= 4 is 28.5 Å². The number of para-hydroxylation sites is 1. The number of thioether (sulfide) groups is 1. The van der Waals surface area contributed by atoms with Crippen LogP contribution in [0.15, 0.2) is 52.7 Å². The number of unbranched alkanes of at least 4 members (excludes halogenated alkanes) is 3. The lowest BCUT2D eigenvalue weighted by Crippen LogP contribution is -2.50. The van der Waals surface area contributed by atoms with Crippen molar-refractivity contribution in [3.63, 3.8) is 0 Å². The molecule has 1 aromatic carbocycles. The molecule has 4 rings (SSSR count). The molecule has 2 aliphatic heterocycles. The van der Waals surface area contributed by atoms with Gasteiger partial charge in [-0.25, -0.2) is 5.01 Å². The van der Waals surface area contributed by atoms with E-state index in [1.807, 2.05) is 42.6 Å². The van der Waals surface area contributed by atoms with Crippen LogP contribution in [0.1, 0.15) is 44.5 Å². The molecular formula is C20H23N5OS. The van der Waals surface area contributed by atoms with E-state index in [1.165, 1.54) is 19.3 Å². The van der Waals surface area contributed by atoms with E-state index < -0.39 is 0 Å². The zero-order valence-electron chi connectivity index (χ0n) is 15.3. The van der Waals surface area contributed by atoms with Crippen molar-refractivity contribution in [3.05, 3.63) is 58.9 Å². The summed E-state index contributed by atoms with van der Waals surface area (Å²) in [6.45, 7) is 2.20. The molecule has 2 aliphatic rings. The molecule has 0 fully saturated rings. The van der Waals surface area contributed by atoms with Gasteiger partial charge in [0, 0.05) is 17.2 Å². The molecule has 27 heavy (non-hydrogen) atoms. The van der Waals surface area contributed by atoms with Crippen LogP contribution in [0.4, 0.5) is 0 Å². The van der Waals surface area contributed by atoms with E-state index in [9.17, 15) is 4.79 Å². The zero-order valence-corrected chi connectivity index (χ0v) is 16.1. The Balaban J connectivity index is 1.68. The fourth-order valence-electron chi connectivity index (χ4n) is 3.30. The Bertz CT molecular complexity index is 967. The van der Waals surface area contributed by atoms with Crippen molar-refractivity contribution in [1.82, 2.24) is 15.3 Å². The largest absolute Gasteiger partial charge is 0.362 e. The number of benzene rings is 1. The number of nitrogens with one attached hydrogen (secondary N) is 2. The van der Waals surface area contributed by atoms with Gasteiger partial charge in [0.15, 0.2) is 11.3 Å². The number of aromatic nitrogens is 1. The number of hydrazone groups is 1. The quantitative estimate of drug-likeness (QED) is 0.755. The van der Waals surface area contributed by atoms with Crippen LogP contribution in [-0.4, -0.2) is 26.8 Å². The molecule has 1 aromatic heterocycles. The summed E-state index contributed by atoms with van der Waals surface area (Å²) in [7, 11) is 0. The molecule has 140 valence electrons. The van der Waals surface area contributed by atoms with E-state index in [0.717, 1.165) is 28.4 Å². The molecule has 0 unspecified atom stereocenters. The molecule has 0 spiro atoms. The van der Waals surface area contributed by atoms with Gasteiger partial charge in [-0.3, -0.25) is 15.1 Å². The molecule has 0 aliphatic carbocycles. The van der Waals surface area contributed by atoms with Crippen LogP contribution in [0, 0.1) is 0 Å². The summed E-state index contributed by atoms with van der Waals surface area (Å²) in [5.41, 5.74) is 1.46. The fourth-order valence-corrected chi connectivity index (χ4v) is 4.15. The van der Waals surface area contributed by atoms with Crippen molar-refractivity contribution in [2.24, 2.45) is 10.1 Å². The van der Waals surface area contributed by atoms with Gasteiger partial charge >= 0.3 is 0 Å². The SMILES string of the molecule is CCCCCCSC1=NN2C(=c3ccccc3=N[C@@H]2c2ccc[nH]2)C(=O)N1. The van der Waals surface area contributed by atoms with Crippen LogP contribution >= 0.6 is 11.8 Å². The summed E-state index contributed by atoms with van der Waals surface area (Å²) in [5, 5.41) is 11.7. The van der Waals surface area contributed by atoms with E-state index in [2.05, 4.69) is 17.2 Å². The highest BCUT2D eigenvalue weighted by molar-refractivity contribution is 8.13. The number of amides is 1. The number of amidine groups is 1. The number of H-pyrrole nitrogens is 1. The smallest absolute Gasteiger partial charge is 0.276 e. The van der Waals surface area contributed by atoms with Crippen molar-refractivity contribution in [3.8, 4) is 0 Å². The second-order valence-electron chi connectivity index (χ2n) is 6.61. The lowest BCUT2D eigenvalue weighted by atomic mass is 10.1. The van der Waals surface area contributed by atoms with Crippen LogP contribution < -0.4 is 15.9 Å². The normalized spacial score (nSPS) is 18.3. The van der Waals surface area contributed by atoms with Crippen molar-refractivity contribution < 1.29 is 4.79 Å². The van der Waals surface area contributed by atoms with Crippen LogP contribution in [0.2, 0.25) is 0 Å². The Morgan fingerprint density at radius 3 is 2.85 bits per heavy atom. The highest BCUT2D eigenvalue weighted by Crippen LogP contribution is 2.29. The fraction of sp³-hybridized carbons (Fsp3) is 0.350.